The molecule has 1 N–H and O–H groups in total. The van der Waals surface area contributed by atoms with E-state index in [9.17, 15) is 0 Å². The molecule has 0 aliphatic rings. The average molecular weight is 187 g/mol. The Morgan fingerprint density at radius 3 is 2.08 bits per heavy atom. The van der Waals surface area contributed by atoms with Gasteiger partial charge in [0.1, 0.15) is 0 Å². The maximum atomic E-state index is 4.92. The number of rotatable bonds is 3. The van der Waals surface area contributed by atoms with E-state index in [0.29, 0.717) is 17.7 Å². The first kappa shape index (κ1) is 9.00. The molecular formula is C6H10N3O2P. The van der Waals surface area contributed by atoms with Crippen LogP contribution in [0.2, 0.25) is 0 Å². The highest BCUT2D eigenvalue weighted by atomic mass is 31.0. The molecule has 0 spiro atoms. The summed E-state index contributed by atoms with van der Waals surface area (Å²) in [5.74, 6) is 1.37. The van der Waals surface area contributed by atoms with Gasteiger partial charge in [0.15, 0.2) is 0 Å². The molecule has 0 saturated carbocycles. The summed E-state index contributed by atoms with van der Waals surface area (Å²) in [6.07, 6.45) is 0. The standard InChI is InChI=1S/C6H10N3O2P/c1-10-4-3-5(11-2)8-6(7-4)9-12/h3H,12H2,1-2H3,(H,7,8,9). The minimum absolute atomic E-state index is 0.441. The summed E-state index contributed by atoms with van der Waals surface area (Å²) in [4.78, 5) is 7.95. The van der Waals surface area contributed by atoms with E-state index in [1.165, 1.54) is 14.2 Å². The van der Waals surface area contributed by atoms with Gasteiger partial charge in [0.05, 0.1) is 20.3 Å². The summed E-state index contributed by atoms with van der Waals surface area (Å²) >= 11 is 0. The van der Waals surface area contributed by atoms with Crippen molar-refractivity contribution in [2.24, 2.45) is 0 Å². The summed E-state index contributed by atoms with van der Waals surface area (Å²) in [7, 11) is 5.37. The van der Waals surface area contributed by atoms with Crippen LogP contribution in [0.5, 0.6) is 11.8 Å². The molecule has 0 bridgehead atoms. The van der Waals surface area contributed by atoms with Crippen LogP contribution in [0, 0.1) is 0 Å². The lowest BCUT2D eigenvalue weighted by Crippen LogP contribution is -1.97. The summed E-state index contributed by atoms with van der Waals surface area (Å²) in [6, 6.07) is 1.60. The number of nitrogens with zero attached hydrogens (tertiary/aromatic N) is 2. The summed E-state index contributed by atoms with van der Waals surface area (Å²) < 4.78 is 9.84. The van der Waals surface area contributed by atoms with E-state index in [-0.39, 0.29) is 0 Å². The molecule has 0 radical (unpaired) electrons. The molecule has 0 aliphatic heterocycles. The van der Waals surface area contributed by atoms with E-state index in [2.05, 4.69) is 24.4 Å². The van der Waals surface area contributed by atoms with Crippen LogP contribution in [0.1, 0.15) is 0 Å². The van der Waals surface area contributed by atoms with Gasteiger partial charge in [-0.15, -0.1) is 0 Å². The van der Waals surface area contributed by atoms with Gasteiger partial charge in [-0.05, 0) is 9.39 Å². The summed E-state index contributed by atoms with van der Waals surface area (Å²) in [5.41, 5.74) is 0. The number of hydrogen-bond acceptors (Lipinski definition) is 5. The topological polar surface area (TPSA) is 56.3 Å². The van der Waals surface area contributed by atoms with E-state index in [4.69, 9.17) is 9.47 Å². The Balaban J connectivity index is 3.01. The van der Waals surface area contributed by atoms with Crippen molar-refractivity contribution in [3.63, 3.8) is 0 Å². The van der Waals surface area contributed by atoms with Crippen molar-refractivity contribution in [2.45, 2.75) is 0 Å². The first-order valence-electron chi connectivity index (χ1n) is 3.24. The second-order valence-corrected chi connectivity index (χ2v) is 2.21. The number of hydrogen-bond donors (Lipinski definition) is 1. The zero-order chi connectivity index (χ0) is 8.97. The Hall–Kier alpha value is -1.09. The number of methoxy groups -OCH3 is 2. The lowest BCUT2D eigenvalue weighted by Gasteiger charge is -2.04. The van der Waals surface area contributed by atoms with Crippen LogP contribution in [-0.2, 0) is 0 Å². The van der Waals surface area contributed by atoms with Gasteiger partial charge in [-0.2, -0.15) is 9.97 Å². The number of ether oxygens (including phenoxy) is 2. The molecule has 1 aromatic heterocycles. The predicted octanol–water partition coefficient (Wildman–Crippen LogP) is 0.696. The quantitative estimate of drug-likeness (QED) is 0.705. The minimum atomic E-state index is 0.441. The van der Waals surface area contributed by atoms with Gasteiger partial charge >= 0.3 is 0 Å². The molecule has 1 atom stereocenters. The molecule has 0 saturated heterocycles. The van der Waals surface area contributed by atoms with Crippen molar-refractivity contribution in [3.05, 3.63) is 6.07 Å². The molecule has 1 unspecified atom stereocenters. The SMILES string of the molecule is COc1cc(OC)nc(NP)n1. The summed E-state index contributed by atoms with van der Waals surface area (Å²) in [6.45, 7) is 0. The number of aromatic nitrogens is 2. The molecule has 0 aliphatic carbocycles. The molecule has 0 amide bonds. The smallest absolute Gasteiger partial charge is 0.232 e. The molecule has 66 valence electrons. The van der Waals surface area contributed by atoms with E-state index in [0.717, 1.165) is 0 Å². The van der Waals surface area contributed by atoms with Gasteiger partial charge in [0, 0.05) is 0 Å². The third kappa shape index (κ3) is 1.95. The van der Waals surface area contributed by atoms with Crippen LogP contribution < -0.4 is 14.6 Å². The minimum Gasteiger partial charge on any atom is -0.481 e. The van der Waals surface area contributed by atoms with E-state index in [1.807, 2.05) is 0 Å². The van der Waals surface area contributed by atoms with Crippen LogP contribution in [0.25, 0.3) is 0 Å². The lowest BCUT2D eigenvalue weighted by atomic mass is 10.6. The van der Waals surface area contributed by atoms with Crippen LogP contribution in [0.15, 0.2) is 6.07 Å². The monoisotopic (exact) mass is 187 g/mol. The zero-order valence-electron chi connectivity index (χ0n) is 6.87. The summed E-state index contributed by atoms with van der Waals surface area (Å²) in [5, 5.41) is 2.71. The van der Waals surface area contributed by atoms with E-state index >= 15 is 0 Å². The van der Waals surface area contributed by atoms with Crippen molar-refractivity contribution in [1.29, 1.82) is 0 Å². The Bertz CT molecular complexity index is 214. The average Bonchev–Trinajstić information content (AvgIpc) is 2.16. The first-order chi connectivity index (χ1) is 5.80. The van der Waals surface area contributed by atoms with Gasteiger partial charge < -0.3 is 14.6 Å². The maximum absolute atomic E-state index is 4.92. The molecule has 12 heavy (non-hydrogen) atoms. The van der Waals surface area contributed by atoms with Crippen LogP contribution in [0.3, 0.4) is 0 Å². The first-order valence-corrected chi connectivity index (χ1v) is 3.81. The van der Waals surface area contributed by atoms with Crippen molar-refractivity contribution < 1.29 is 9.47 Å². The molecule has 1 heterocycles. The largest absolute Gasteiger partial charge is 0.481 e. The fourth-order valence-electron chi connectivity index (χ4n) is 0.678. The lowest BCUT2D eigenvalue weighted by molar-refractivity contribution is 0.373. The Labute approximate surface area is 72.8 Å². The highest BCUT2D eigenvalue weighted by molar-refractivity contribution is 7.18. The third-order valence-electron chi connectivity index (χ3n) is 1.23. The zero-order valence-corrected chi connectivity index (χ0v) is 8.02. The normalized spacial score (nSPS) is 9.25. The molecule has 5 nitrogen and oxygen atoms in total. The van der Waals surface area contributed by atoms with E-state index in [1.54, 1.807) is 6.07 Å². The van der Waals surface area contributed by atoms with Gasteiger partial charge in [0.2, 0.25) is 17.7 Å². The predicted molar refractivity (Wildman–Crippen MR) is 48.5 cm³/mol. The molecule has 0 fully saturated rings. The van der Waals surface area contributed by atoms with E-state index < -0.39 is 0 Å². The van der Waals surface area contributed by atoms with Gasteiger partial charge in [-0.1, -0.05) is 0 Å². The second kappa shape index (κ2) is 4.07. The Kier molecular flexibility index (Phi) is 3.05. The number of anilines is 1. The van der Waals surface area contributed by atoms with Gasteiger partial charge in [0.25, 0.3) is 0 Å². The number of nitrogens with one attached hydrogen (secondary N) is 1. The highest BCUT2D eigenvalue weighted by Crippen LogP contribution is 2.17. The molecule has 1 aromatic rings. The fraction of sp³-hybridized carbons (Fsp3) is 0.333. The van der Waals surface area contributed by atoms with Gasteiger partial charge in [-0.3, -0.25) is 0 Å². The van der Waals surface area contributed by atoms with Crippen LogP contribution >= 0.6 is 9.39 Å². The van der Waals surface area contributed by atoms with Crippen molar-refractivity contribution in [2.75, 3.05) is 19.3 Å². The molecular weight excluding hydrogens is 177 g/mol. The van der Waals surface area contributed by atoms with Crippen LogP contribution in [-0.4, -0.2) is 24.2 Å². The molecule has 0 aromatic carbocycles. The maximum Gasteiger partial charge on any atom is 0.232 e. The van der Waals surface area contributed by atoms with Gasteiger partial charge in [-0.25, -0.2) is 0 Å². The van der Waals surface area contributed by atoms with Crippen molar-refractivity contribution in [1.82, 2.24) is 9.97 Å². The van der Waals surface area contributed by atoms with Crippen molar-refractivity contribution in [3.8, 4) is 11.8 Å². The molecule has 1 rings (SSSR count). The third-order valence-corrected chi connectivity index (χ3v) is 1.48. The Morgan fingerprint density at radius 1 is 1.25 bits per heavy atom. The van der Waals surface area contributed by atoms with Crippen molar-refractivity contribution >= 4 is 15.3 Å². The van der Waals surface area contributed by atoms with Crippen LogP contribution in [0.4, 0.5) is 5.95 Å². The highest BCUT2D eigenvalue weighted by Gasteiger charge is 2.02. The second-order valence-electron chi connectivity index (χ2n) is 1.92. The molecule has 6 heteroatoms. The Morgan fingerprint density at radius 2 is 1.75 bits per heavy atom. The fourth-order valence-corrected chi connectivity index (χ4v) is 0.807.